The van der Waals surface area contributed by atoms with E-state index in [9.17, 15) is 13.2 Å². The lowest BCUT2D eigenvalue weighted by Gasteiger charge is -2.33. The maximum absolute atomic E-state index is 12.7. The molecular formula is C22H27N3O6S. The van der Waals surface area contributed by atoms with E-state index in [1.54, 1.807) is 60.5 Å². The zero-order chi connectivity index (χ0) is 23.0. The van der Waals surface area contributed by atoms with Crippen molar-refractivity contribution in [3.05, 3.63) is 54.1 Å². The molecule has 0 bridgehead atoms. The number of piperazine rings is 1. The number of amides is 1. The Morgan fingerprint density at radius 1 is 1.06 bits per heavy atom. The predicted octanol–water partition coefficient (Wildman–Crippen LogP) is 1.98. The number of ether oxygens (including phenoxy) is 2. The molecule has 1 heterocycles. The Bertz CT molecular complexity index is 1030. The summed E-state index contributed by atoms with van der Waals surface area (Å²) in [5.41, 5.74) is 0.734. The third kappa shape index (κ3) is 5.77. The van der Waals surface area contributed by atoms with Gasteiger partial charge in [-0.15, -0.1) is 0 Å². The Balaban J connectivity index is 1.47. The highest BCUT2D eigenvalue weighted by atomic mass is 32.2. The molecule has 9 nitrogen and oxygen atoms in total. The van der Waals surface area contributed by atoms with E-state index in [1.165, 1.54) is 10.5 Å². The molecular weight excluding hydrogens is 434 g/mol. The van der Waals surface area contributed by atoms with Gasteiger partial charge in [-0.05, 0) is 37.3 Å². The second-order valence-corrected chi connectivity index (χ2v) is 8.89. The van der Waals surface area contributed by atoms with Gasteiger partial charge in [-0.1, -0.05) is 23.4 Å². The van der Waals surface area contributed by atoms with Gasteiger partial charge in [0.2, 0.25) is 10.0 Å². The molecule has 1 amide bonds. The van der Waals surface area contributed by atoms with Gasteiger partial charge in [-0.3, -0.25) is 4.79 Å². The molecule has 2 aromatic rings. The summed E-state index contributed by atoms with van der Waals surface area (Å²) in [5.74, 6) is 0.968. The number of nitrogens with zero attached hydrogens (tertiary/aromatic N) is 3. The monoisotopic (exact) mass is 461 g/mol. The van der Waals surface area contributed by atoms with Crippen LogP contribution in [0.15, 0.2) is 58.6 Å². The van der Waals surface area contributed by atoms with Crippen LogP contribution in [0.4, 0.5) is 0 Å². The fraction of sp³-hybridized carbons (Fsp3) is 0.364. The normalized spacial score (nSPS) is 15.0. The van der Waals surface area contributed by atoms with Crippen molar-refractivity contribution in [1.29, 1.82) is 0 Å². The van der Waals surface area contributed by atoms with Crippen LogP contribution < -0.4 is 9.47 Å². The number of sulfonamides is 1. The van der Waals surface area contributed by atoms with Gasteiger partial charge in [-0.2, -0.15) is 4.31 Å². The maximum Gasteiger partial charge on any atom is 0.263 e. The average Bonchev–Trinajstić information content (AvgIpc) is 2.83. The van der Waals surface area contributed by atoms with Crippen molar-refractivity contribution in [3.63, 3.8) is 0 Å². The van der Waals surface area contributed by atoms with Crippen LogP contribution in [-0.4, -0.2) is 76.2 Å². The van der Waals surface area contributed by atoms with Crippen LogP contribution >= 0.6 is 0 Å². The van der Waals surface area contributed by atoms with Crippen LogP contribution in [0.2, 0.25) is 0 Å². The maximum atomic E-state index is 12.7. The van der Waals surface area contributed by atoms with Crippen molar-refractivity contribution in [2.45, 2.75) is 11.8 Å². The minimum absolute atomic E-state index is 0.226. The van der Waals surface area contributed by atoms with E-state index in [1.807, 2.05) is 6.92 Å². The van der Waals surface area contributed by atoms with Crippen molar-refractivity contribution in [3.8, 4) is 11.5 Å². The lowest BCUT2D eigenvalue weighted by atomic mass is 10.2. The summed E-state index contributed by atoms with van der Waals surface area (Å²) in [6.45, 7) is 3.26. The third-order valence-electron chi connectivity index (χ3n) is 4.92. The molecule has 0 N–H and O–H groups in total. The zero-order valence-corrected chi connectivity index (χ0v) is 19.0. The highest BCUT2D eigenvalue weighted by Crippen LogP contribution is 2.27. The van der Waals surface area contributed by atoms with E-state index in [2.05, 4.69) is 5.16 Å². The second kappa shape index (κ2) is 11.0. The average molecular weight is 462 g/mol. The van der Waals surface area contributed by atoms with Crippen LogP contribution in [0.25, 0.3) is 0 Å². The number of benzene rings is 2. The Labute approximate surface area is 188 Å². The topological polar surface area (TPSA) is 97.7 Å². The molecule has 0 aliphatic carbocycles. The summed E-state index contributed by atoms with van der Waals surface area (Å²) in [4.78, 5) is 19.3. The van der Waals surface area contributed by atoms with E-state index >= 15 is 0 Å². The number of rotatable bonds is 9. The van der Waals surface area contributed by atoms with Gasteiger partial charge in [0.15, 0.2) is 18.1 Å². The van der Waals surface area contributed by atoms with Crippen LogP contribution in [0.5, 0.6) is 11.5 Å². The second-order valence-electron chi connectivity index (χ2n) is 6.95. The molecule has 2 aromatic carbocycles. The highest BCUT2D eigenvalue weighted by Gasteiger charge is 2.30. The van der Waals surface area contributed by atoms with Gasteiger partial charge < -0.3 is 19.2 Å². The minimum Gasteiger partial charge on any atom is -0.493 e. The number of oxime groups is 1. The fourth-order valence-corrected chi connectivity index (χ4v) is 4.68. The minimum atomic E-state index is -3.55. The molecule has 0 aromatic heterocycles. The Hall–Kier alpha value is -3.11. The zero-order valence-electron chi connectivity index (χ0n) is 18.1. The smallest absolute Gasteiger partial charge is 0.263 e. The molecule has 0 radical (unpaired) electrons. The molecule has 1 fully saturated rings. The van der Waals surface area contributed by atoms with Crippen molar-refractivity contribution in [1.82, 2.24) is 9.21 Å². The number of hydrogen-bond donors (Lipinski definition) is 0. The molecule has 0 saturated carbocycles. The molecule has 1 aliphatic heterocycles. The number of carbonyl (C=O) groups excluding carboxylic acids is 1. The Morgan fingerprint density at radius 3 is 2.44 bits per heavy atom. The van der Waals surface area contributed by atoms with Crippen LogP contribution in [0.1, 0.15) is 12.5 Å². The molecule has 172 valence electrons. The van der Waals surface area contributed by atoms with Crippen molar-refractivity contribution in [2.75, 3.05) is 46.5 Å². The lowest BCUT2D eigenvalue weighted by molar-refractivity contribution is -0.137. The van der Waals surface area contributed by atoms with E-state index in [4.69, 9.17) is 14.3 Å². The molecule has 1 aliphatic rings. The number of hydrogen-bond acceptors (Lipinski definition) is 7. The molecule has 0 atom stereocenters. The third-order valence-corrected chi connectivity index (χ3v) is 6.84. The van der Waals surface area contributed by atoms with Crippen LogP contribution in [0, 0.1) is 0 Å². The summed E-state index contributed by atoms with van der Waals surface area (Å²) in [6, 6.07) is 13.6. The lowest BCUT2D eigenvalue weighted by Crippen LogP contribution is -2.51. The Morgan fingerprint density at radius 2 is 1.78 bits per heavy atom. The van der Waals surface area contributed by atoms with Crippen LogP contribution in [-0.2, 0) is 19.7 Å². The molecule has 1 saturated heterocycles. The first-order valence-corrected chi connectivity index (χ1v) is 11.7. The summed E-state index contributed by atoms with van der Waals surface area (Å²) < 4.78 is 37.5. The summed E-state index contributed by atoms with van der Waals surface area (Å²) >= 11 is 0. The summed E-state index contributed by atoms with van der Waals surface area (Å²) in [5, 5.41) is 3.85. The van der Waals surface area contributed by atoms with Gasteiger partial charge in [0, 0.05) is 31.7 Å². The SMILES string of the molecule is CCOc1ccc(/C=N/OCC(=O)N2CCN(S(=O)(=O)c3ccccc3)CC2)cc1OC. The first-order valence-electron chi connectivity index (χ1n) is 10.2. The molecule has 0 unspecified atom stereocenters. The van der Waals surface area contributed by atoms with Crippen molar-refractivity contribution in [2.24, 2.45) is 5.16 Å². The highest BCUT2D eigenvalue weighted by molar-refractivity contribution is 7.89. The standard InChI is InChI=1S/C22H27N3O6S/c1-3-30-20-10-9-18(15-21(20)29-2)16-23-31-17-22(26)24-11-13-25(14-12-24)32(27,28)19-7-5-4-6-8-19/h4-10,15-16H,3,11-14,17H2,1-2H3/b23-16+. The largest absolute Gasteiger partial charge is 0.493 e. The van der Waals surface area contributed by atoms with Gasteiger partial charge in [-0.25, -0.2) is 8.42 Å². The van der Waals surface area contributed by atoms with Gasteiger partial charge in [0.1, 0.15) is 0 Å². The van der Waals surface area contributed by atoms with Crippen LogP contribution in [0.3, 0.4) is 0 Å². The Kier molecular flexibility index (Phi) is 8.07. The number of methoxy groups -OCH3 is 1. The number of carbonyl (C=O) groups is 1. The molecule has 3 rings (SSSR count). The summed E-state index contributed by atoms with van der Waals surface area (Å²) in [6.07, 6.45) is 1.48. The van der Waals surface area contributed by atoms with Gasteiger partial charge >= 0.3 is 0 Å². The molecule has 10 heteroatoms. The molecule has 0 spiro atoms. The quantitative estimate of drug-likeness (QED) is 0.418. The van der Waals surface area contributed by atoms with E-state index < -0.39 is 10.0 Å². The first kappa shape index (κ1) is 23.6. The van der Waals surface area contributed by atoms with E-state index in [0.717, 1.165) is 5.56 Å². The van der Waals surface area contributed by atoms with E-state index in [0.29, 0.717) is 31.2 Å². The van der Waals surface area contributed by atoms with Gasteiger partial charge in [0.05, 0.1) is 24.8 Å². The van der Waals surface area contributed by atoms with Crippen molar-refractivity contribution >= 4 is 22.1 Å². The van der Waals surface area contributed by atoms with Crippen molar-refractivity contribution < 1.29 is 27.5 Å². The molecule has 32 heavy (non-hydrogen) atoms. The van der Waals surface area contributed by atoms with E-state index in [-0.39, 0.29) is 30.5 Å². The van der Waals surface area contributed by atoms with Gasteiger partial charge in [0.25, 0.3) is 5.91 Å². The predicted molar refractivity (Wildman–Crippen MR) is 119 cm³/mol. The summed E-state index contributed by atoms with van der Waals surface area (Å²) in [7, 11) is -2.00. The fourth-order valence-electron chi connectivity index (χ4n) is 3.24. The first-order chi connectivity index (χ1) is 15.5.